The molecule has 0 N–H and O–H groups in total. The average molecular weight is 251 g/mol. The molecule has 0 aliphatic heterocycles. The SMILES string of the molecule is CCCCCCn1nnc(CCCC)c1C(C)C. The Kier molecular flexibility index (Phi) is 6.99. The fourth-order valence-corrected chi connectivity index (χ4v) is 2.36. The number of unbranched alkanes of at least 4 members (excludes halogenated alkanes) is 4. The third-order valence-electron chi connectivity index (χ3n) is 3.38. The Morgan fingerprint density at radius 3 is 2.33 bits per heavy atom. The van der Waals surface area contributed by atoms with Crippen LogP contribution in [0.2, 0.25) is 0 Å². The Morgan fingerprint density at radius 2 is 1.72 bits per heavy atom. The van der Waals surface area contributed by atoms with Gasteiger partial charge in [0.15, 0.2) is 0 Å². The van der Waals surface area contributed by atoms with E-state index in [1.807, 2.05) is 0 Å². The number of aromatic nitrogens is 3. The van der Waals surface area contributed by atoms with Gasteiger partial charge >= 0.3 is 0 Å². The van der Waals surface area contributed by atoms with E-state index in [0.717, 1.165) is 13.0 Å². The molecule has 0 atom stereocenters. The van der Waals surface area contributed by atoms with Gasteiger partial charge in [0.25, 0.3) is 0 Å². The van der Waals surface area contributed by atoms with E-state index in [9.17, 15) is 0 Å². The second-order valence-electron chi connectivity index (χ2n) is 5.46. The summed E-state index contributed by atoms with van der Waals surface area (Å²) in [6.45, 7) is 10.0. The van der Waals surface area contributed by atoms with Crippen LogP contribution in [-0.4, -0.2) is 15.0 Å². The zero-order chi connectivity index (χ0) is 13.4. The van der Waals surface area contributed by atoms with Crippen LogP contribution < -0.4 is 0 Å². The highest BCUT2D eigenvalue weighted by molar-refractivity contribution is 5.14. The molecule has 1 aromatic rings. The highest BCUT2D eigenvalue weighted by atomic mass is 15.4. The highest BCUT2D eigenvalue weighted by Gasteiger charge is 2.15. The van der Waals surface area contributed by atoms with Crippen LogP contribution in [0.4, 0.5) is 0 Å². The van der Waals surface area contributed by atoms with Crippen molar-refractivity contribution in [1.29, 1.82) is 0 Å². The molecule has 0 unspecified atom stereocenters. The van der Waals surface area contributed by atoms with Crippen molar-refractivity contribution < 1.29 is 0 Å². The van der Waals surface area contributed by atoms with Gasteiger partial charge in [-0.2, -0.15) is 0 Å². The van der Waals surface area contributed by atoms with Crippen molar-refractivity contribution in [2.45, 2.75) is 85.1 Å². The molecule has 0 radical (unpaired) electrons. The fraction of sp³-hybridized carbons (Fsp3) is 0.867. The zero-order valence-electron chi connectivity index (χ0n) is 12.6. The molecule has 0 aliphatic carbocycles. The molecule has 0 aromatic carbocycles. The molecule has 104 valence electrons. The van der Waals surface area contributed by atoms with Crippen molar-refractivity contribution >= 4 is 0 Å². The monoisotopic (exact) mass is 251 g/mol. The number of rotatable bonds is 9. The topological polar surface area (TPSA) is 30.7 Å². The van der Waals surface area contributed by atoms with Crippen molar-refractivity contribution in [3.63, 3.8) is 0 Å². The van der Waals surface area contributed by atoms with Crippen LogP contribution in [0.1, 0.15) is 83.5 Å². The lowest BCUT2D eigenvalue weighted by molar-refractivity contribution is 0.503. The predicted molar refractivity (Wildman–Crippen MR) is 76.9 cm³/mol. The smallest absolute Gasteiger partial charge is 0.0861 e. The van der Waals surface area contributed by atoms with Gasteiger partial charge in [0.2, 0.25) is 0 Å². The molecule has 0 fully saturated rings. The van der Waals surface area contributed by atoms with Crippen molar-refractivity contribution in [2.24, 2.45) is 0 Å². The first-order valence-electron chi connectivity index (χ1n) is 7.62. The van der Waals surface area contributed by atoms with E-state index >= 15 is 0 Å². The van der Waals surface area contributed by atoms with Crippen LogP contribution in [0, 0.1) is 0 Å². The maximum absolute atomic E-state index is 4.39. The van der Waals surface area contributed by atoms with Crippen LogP contribution in [0.5, 0.6) is 0 Å². The maximum atomic E-state index is 4.39. The first-order valence-corrected chi connectivity index (χ1v) is 7.62. The van der Waals surface area contributed by atoms with Gasteiger partial charge < -0.3 is 0 Å². The number of hydrogen-bond donors (Lipinski definition) is 0. The van der Waals surface area contributed by atoms with E-state index in [4.69, 9.17) is 0 Å². The van der Waals surface area contributed by atoms with Crippen molar-refractivity contribution in [3.8, 4) is 0 Å². The second kappa shape index (κ2) is 8.28. The lowest BCUT2D eigenvalue weighted by atomic mass is 10.0. The third-order valence-corrected chi connectivity index (χ3v) is 3.38. The van der Waals surface area contributed by atoms with Crippen LogP contribution in [0.25, 0.3) is 0 Å². The molecule has 0 amide bonds. The summed E-state index contributed by atoms with van der Waals surface area (Å²) in [4.78, 5) is 0. The van der Waals surface area contributed by atoms with Crippen molar-refractivity contribution in [1.82, 2.24) is 15.0 Å². The lowest BCUT2D eigenvalue weighted by Crippen LogP contribution is -2.08. The predicted octanol–water partition coefficient (Wildman–Crippen LogP) is 4.32. The van der Waals surface area contributed by atoms with Gasteiger partial charge in [0.1, 0.15) is 0 Å². The summed E-state index contributed by atoms with van der Waals surface area (Å²) < 4.78 is 2.14. The van der Waals surface area contributed by atoms with Crippen LogP contribution in [0.3, 0.4) is 0 Å². The Balaban J connectivity index is 2.63. The van der Waals surface area contributed by atoms with Gasteiger partial charge in [0, 0.05) is 6.54 Å². The lowest BCUT2D eigenvalue weighted by Gasteiger charge is -2.11. The van der Waals surface area contributed by atoms with Crippen LogP contribution in [-0.2, 0) is 13.0 Å². The molecule has 18 heavy (non-hydrogen) atoms. The third kappa shape index (κ3) is 4.43. The van der Waals surface area contributed by atoms with Gasteiger partial charge in [0.05, 0.1) is 11.4 Å². The minimum Gasteiger partial charge on any atom is -0.249 e. The van der Waals surface area contributed by atoms with Gasteiger partial charge in [-0.3, -0.25) is 0 Å². The largest absolute Gasteiger partial charge is 0.249 e. The summed E-state index contributed by atoms with van der Waals surface area (Å²) in [5.41, 5.74) is 2.59. The first kappa shape index (κ1) is 15.2. The molecule has 1 aromatic heterocycles. The molecule has 0 spiro atoms. The zero-order valence-corrected chi connectivity index (χ0v) is 12.6. The molecule has 1 rings (SSSR count). The summed E-state index contributed by atoms with van der Waals surface area (Å²) in [6, 6.07) is 0. The Hall–Kier alpha value is -0.860. The second-order valence-corrected chi connectivity index (χ2v) is 5.46. The molecule has 1 heterocycles. The van der Waals surface area contributed by atoms with Gasteiger partial charge in [-0.1, -0.05) is 58.6 Å². The highest BCUT2D eigenvalue weighted by Crippen LogP contribution is 2.20. The van der Waals surface area contributed by atoms with Gasteiger partial charge in [-0.15, -0.1) is 5.10 Å². The number of hydrogen-bond acceptors (Lipinski definition) is 2. The minimum absolute atomic E-state index is 0.526. The summed E-state index contributed by atoms with van der Waals surface area (Å²) in [7, 11) is 0. The van der Waals surface area contributed by atoms with E-state index in [1.54, 1.807) is 0 Å². The quantitative estimate of drug-likeness (QED) is 0.612. The molecular formula is C15H29N3. The summed E-state index contributed by atoms with van der Waals surface area (Å²) in [5.74, 6) is 0.526. The maximum Gasteiger partial charge on any atom is 0.0861 e. The van der Waals surface area contributed by atoms with Crippen LogP contribution in [0.15, 0.2) is 0 Å². The standard InChI is InChI=1S/C15H29N3/c1-5-7-9-10-12-18-15(13(3)4)14(16-17-18)11-8-6-2/h13H,5-12H2,1-4H3. The molecular weight excluding hydrogens is 222 g/mol. The summed E-state index contributed by atoms with van der Waals surface area (Å²) >= 11 is 0. The average Bonchev–Trinajstić information content (AvgIpc) is 2.75. The molecule has 0 saturated heterocycles. The van der Waals surface area contributed by atoms with E-state index in [0.29, 0.717) is 5.92 Å². The van der Waals surface area contributed by atoms with E-state index < -0.39 is 0 Å². The fourth-order valence-electron chi connectivity index (χ4n) is 2.36. The summed E-state index contributed by atoms with van der Waals surface area (Å²) in [6.07, 6.45) is 8.67. The van der Waals surface area contributed by atoms with E-state index in [1.165, 1.54) is 49.9 Å². The Labute approximate surface area is 112 Å². The molecule has 0 saturated carbocycles. The van der Waals surface area contributed by atoms with E-state index in [2.05, 4.69) is 42.7 Å². The Morgan fingerprint density at radius 1 is 1.00 bits per heavy atom. The normalized spacial score (nSPS) is 11.4. The number of nitrogens with zero attached hydrogens (tertiary/aromatic N) is 3. The molecule has 3 nitrogen and oxygen atoms in total. The van der Waals surface area contributed by atoms with Crippen LogP contribution >= 0.6 is 0 Å². The molecule has 0 bridgehead atoms. The summed E-state index contributed by atoms with van der Waals surface area (Å²) in [5, 5.41) is 8.74. The molecule has 0 aliphatic rings. The minimum atomic E-state index is 0.526. The first-order chi connectivity index (χ1) is 8.70. The van der Waals surface area contributed by atoms with Crippen molar-refractivity contribution in [3.05, 3.63) is 11.4 Å². The van der Waals surface area contributed by atoms with Gasteiger partial charge in [-0.05, 0) is 25.2 Å². The van der Waals surface area contributed by atoms with Gasteiger partial charge in [-0.25, -0.2) is 4.68 Å². The molecule has 3 heteroatoms. The van der Waals surface area contributed by atoms with E-state index in [-0.39, 0.29) is 0 Å². The number of aryl methyl sites for hydroxylation is 2. The van der Waals surface area contributed by atoms with Crippen molar-refractivity contribution in [2.75, 3.05) is 0 Å². The Bertz CT molecular complexity index is 328.